The predicted molar refractivity (Wildman–Crippen MR) is 71.6 cm³/mol. The summed E-state index contributed by atoms with van der Waals surface area (Å²) >= 11 is 0. The van der Waals surface area contributed by atoms with Gasteiger partial charge in [0.2, 0.25) is 0 Å². The highest BCUT2D eigenvalue weighted by atomic mass is 16.4. The molecular weight excluding hydrogens is 226 g/mol. The summed E-state index contributed by atoms with van der Waals surface area (Å²) < 4.78 is 0. The van der Waals surface area contributed by atoms with Crippen LogP contribution in [0.3, 0.4) is 0 Å². The standard InChI is InChI=1S/C15H21NO2/c1-11(12-5-3-2-4-6-12)9-10-16-14(15(17)18)13-7-8-13/h2-6,11,13-14,16H,7-10H2,1H3,(H,17,18). The third-order valence-electron chi connectivity index (χ3n) is 3.67. The van der Waals surface area contributed by atoms with Crippen molar-refractivity contribution in [3.05, 3.63) is 35.9 Å². The Balaban J connectivity index is 1.76. The molecule has 1 aliphatic carbocycles. The average molecular weight is 247 g/mol. The molecule has 2 unspecified atom stereocenters. The van der Waals surface area contributed by atoms with Crippen LogP contribution in [0.1, 0.15) is 37.7 Å². The Kier molecular flexibility index (Phi) is 4.37. The lowest BCUT2D eigenvalue weighted by Crippen LogP contribution is -2.39. The Bertz CT molecular complexity index is 387. The molecule has 0 spiro atoms. The lowest BCUT2D eigenvalue weighted by Gasteiger charge is -2.16. The Morgan fingerprint density at radius 1 is 1.39 bits per heavy atom. The van der Waals surface area contributed by atoms with Gasteiger partial charge >= 0.3 is 5.97 Å². The van der Waals surface area contributed by atoms with Crippen LogP contribution in [-0.4, -0.2) is 23.7 Å². The van der Waals surface area contributed by atoms with Crippen molar-refractivity contribution in [3.8, 4) is 0 Å². The van der Waals surface area contributed by atoms with Crippen LogP contribution in [0.4, 0.5) is 0 Å². The van der Waals surface area contributed by atoms with E-state index in [1.807, 2.05) is 18.2 Å². The Morgan fingerprint density at radius 3 is 2.61 bits per heavy atom. The van der Waals surface area contributed by atoms with Gasteiger partial charge in [0.1, 0.15) is 6.04 Å². The summed E-state index contributed by atoms with van der Waals surface area (Å²) in [7, 11) is 0. The molecule has 0 radical (unpaired) electrons. The van der Waals surface area contributed by atoms with Crippen LogP contribution in [0.2, 0.25) is 0 Å². The van der Waals surface area contributed by atoms with Crippen LogP contribution >= 0.6 is 0 Å². The van der Waals surface area contributed by atoms with Gasteiger partial charge in [-0.2, -0.15) is 0 Å². The Hall–Kier alpha value is -1.35. The van der Waals surface area contributed by atoms with E-state index in [9.17, 15) is 4.79 Å². The summed E-state index contributed by atoms with van der Waals surface area (Å²) in [6, 6.07) is 10.0. The van der Waals surface area contributed by atoms with Crippen molar-refractivity contribution >= 4 is 5.97 Å². The zero-order chi connectivity index (χ0) is 13.0. The number of rotatable bonds is 7. The number of carboxylic acids is 1. The Labute approximate surface area is 108 Å². The number of hydrogen-bond donors (Lipinski definition) is 2. The van der Waals surface area contributed by atoms with Crippen LogP contribution in [0.25, 0.3) is 0 Å². The maximum Gasteiger partial charge on any atom is 0.320 e. The van der Waals surface area contributed by atoms with Crippen molar-refractivity contribution in [3.63, 3.8) is 0 Å². The van der Waals surface area contributed by atoms with Gasteiger partial charge in [-0.15, -0.1) is 0 Å². The van der Waals surface area contributed by atoms with Gasteiger partial charge < -0.3 is 10.4 Å². The SMILES string of the molecule is CC(CCNC(C(=O)O)C1CC1)c1ccccc1. The minimum atomic E-state index is -0.704. The highest BCUT2D eigenvalue weighted by Gasteiger charge is 2.35. The van der Waals surface area contributed by atoms with E-state index in [0.29, 0.717) is 11.8 Å². The second-order valence-corrected chi connectivity index (χ2v) is 5.21. The van der Waals surface area contributed by atoms with E-state index in [1.165, 1.54) is 5.56 Å². The molecular formula is C15H21NO2. The zero-order valence-corrected chi connectivity index (χ0v) is 10.8. The number of benzene rings is 1. The molecule has 0 heterocycles. The molecule has 18 heavy (non-hydrogen) atoms. The van der Waals surface area contributed by atoms with Crippen molar-refractivity contribution in [1.82, 2.24) is 5.32 Å². The molecule has 2 atom stereocenters. The lowest BCUT2D eigenvalue weighted by atomic mass is 9.98. The molecule has 98 valence electrons. The number of aliphatic carboxylic acids is 1. The highest BCUT2D eigenvalue weighted by molar-refractivity contribution is 5.74. The minimum absolute atomic E-state index is 0.340. The monoisotopic (exact) mass is 247 g/mol. The molecule has 0 bridgehead atoms. The number of hydrogen-bond acceptors (Lipinski definition) is 2. The molecule has 1 fully saturated rings. The van der Waals surface area contributed by atoms with E-state index in [4.69, 9.17) is 5.11 Å². The van der Waals surface area contributed by atoms with Crippen molar-refractivity contribution in [2.75, 3.05) is 6.54 Å². The van der Waals surface area contributed by atoms with Crippen molar-refractivity contribution in [2.45, 2.75) is 38.1 Å². The molecule has 1 aromatic carbocycles. The van der Waals surface area contributed by atoms with Crippen molar-refractivity contribution in [2.24, 2.45) is 5.92 Å². The van der Waals surface area contributed by atoms with E-state index in [2.05, 4.69) is 24.4 Å². The first-order chi connectivity index (χ1) is 8.68. The molecule has 0 saturated heterocycles. The quantitative estimate of drug-likeness (QED) is 0.778. The largest absolute Gasteiger partial charge is 0.480 e. The molecule has 2 N–H and O–H groups in total. The fourth-order valence-electron chi connectivity index (χ4n) is 2.29. The first-order valence-electron chi connectivity index (χ1n) is 6.69. The smallest absolute Gasteiger partial charge is 0.320 e. The van der Waals surface area contributed by atoms with E-state index in [0.717, 1.165) is 25.8 Å². The maximum atomic E-state index is 11.1. The summed E-state index contributed by atoms with van der Waals surface area (Å²) in [5.41, 5.74) is 1.32. The summed E-state index contributed by atoms with van der Waals surface area (Å²) in [5, 5.41) is 12.3. The van der Waals surface area contributed by atoms with Gasteiger partial charge in [0, 0.05) is 0 Å². The van der Waals surface area contributed by atoms with Gasteiger partial charge in [0.25, 0.3) is 0 Å². The second kappa shape index (κ2) is 6.01. The predicted octanol–water partition coefficient (Wildman–Crippen LogP) is 2.63. The summed E-state index contributed by atoms with van der Waals surface area (Å²) in [6.07, 6.45) is 3.08. The van der Waals surface area contributed by atoms with Crippen LogP contribution in [0.5, 0.6) is 0 Å². The van der Waals surface area contributed by atoms with Crippen molar-refractivity contribution in [1.29, 1.82) is 0 Å². The zero-order valence-electron chi connectivity index (χ0n) is 10.8. The second-order valence-electron chi connectivity index (χ2n) is 5.21. The lowest BCUT2D eigenvalue weighted by molar-refractivity contribution is -0.140. The summed E-state index contributed by atoms with van der Waals surface area (Å²) in [6.45, 7) is 2.95. The highest BCUT2D eigenvalue weighted by Crippen LogP contribution is 2.32. The molecule has 3 nitrogen and oxygen atoms in total. The van der Waals surface area contributed by atoms with E-state index in [1.54, 1.807) is 0 Å². The molecule has 1 saturated carbocycles. The number of nitrogens with one attached hydrogen (secondary N) is 1. The van der Waals surface area contributed by atoms with Crippen LogP contribution < -0.4 is 5.32 Å². The topological polar surface area (TPSA) is 49.3 Å². The van der Waals surface area contributed by atoms with Gasteiger partial charge in [-0.1, -0.05) is 37.3 Å². The minimum Gasteiger partial charge on any atom is -0.480 e. The Morgan fingerprint density at radius 2 is 2.06 bits per heavy atom. The van der Waals surface area contributed by atoms with Gasteiger partial charge in [-0.05, 0) is 43.2 Å². The summed E-state index contributed by atoms with van der Waals surface area (Å²) in [5.74, 6) is 0.117. The van der Waals surface area contributed by atoms with E-state index < -0.39 is 5.97 Å². The molecule has 0 amide bonds. The molecule has 2 rings (SSSR count). The van der Waals surface area contributed by atoms with Gasteiger partial charge in [-0.25, -0.2) is 0 Å². The molecule has 0 aromatic heterocycles. The average Bonchev–Trinajstić information content (AvgIpc) is 3.19. The van der Waals surface area contributed by atoms with Gasteiger partial charge in [0.15, 0.2) is 0 Å². The maximum absolute atomic E-state index is 11.1. The normalized spacial score (nSPS) is 18.3. The van der Waals surface area contributed by atoms with Gasteiger partial charge in [-0.3, -0.25) is 4.79 Å². The van der Waals surface area contributed by atoms with Crippen LogP contribution in [0.15, 0.2) is 30.3 Å². The third kappa shape index (κ3) is 3.57. The number of carbonyl (C=O) groups is 1. The van der Waals surface area contributed by atoms with Crippen LogP contribution in [0, 0.1) is 5.92 Å². The molecule has 3 heteroatoms. The van der Waals surface area contributed by atoms with E-state index >= 15 is 0 Å². The fraction of sp³-hybridized carbons (Fsp3) is 0.533. The fourth-order valence-corrected chi connectivity index (χ4v) is 2.29. The first kappa shape index (κ1) is 13.1. The molecule has 0 aliphatic heterocycles. The van der Waals surface area contributed by atoms with E-state index in [-0.39, 0.29) is 6.04 Å². The first-order valence-corrected chi connectivity index (χ1v) is 6.69. The van der Waals surface area contributed by atoms with Crippen molar-refractivity contribution < 1.29 is 9.90 Å². The molecule has 1 aliphatic rings. The molecule has 1 aromatic rings. The van der Waals surface area contributed by atoms with Gasteiger partial charge in [0.05, 0.1) is 0 Å². The summed E-state index contributed by atoms with van der Waals surface area (Å²) in [4.78, 5) is 11.1. The van der Waals surface area contributed by atoms with Crippen LogP contribution in [-0.2, 0) is 4.79 Å². The third-order valence-corrected chi connectivity index (χ3v) is 3.67. The number of carboxylic acid groups (broad SMARTS) is 1.